The molecule has 1 fully saturated rings. The molecule has 0 aromatic heterocycles. The van der Waals surface area contributed by atoms with E-state index in [9.17, 15) is 18.0 Å². The van der Waals surface area contributed by atoms with Crippen molar-refractivity contribution < 1.29 is 27.4 Å². The van der Waals surface area contributed by atoms with Gasteiger partial charge in [0.05, 0.1) is 30.2 Å². The molecule has 0 atom stereocenters. The second-order valence-electron chi connectivity index (χ2n) is 7.03. The van der Waals surface area contributed by atoms with E-state index in [-0.39, 0.29) is 17.4 Å². The Morgan fingerprint density at radius 2 is 1.94 bits per heavy atom. The van der Waals surface area contributed by atoms with Crippen LogP contribution in [0.2, 0.25) is 5.02 Å². The van der Waals surface area contributed by atoms with Gasteiger partial charge in [-0.1, -0.05) is 11.6 Å². The van der Waals surface area contributed by atoms with Gasteiger partial charge in [0.15, 0.2) is 11.7 Å². The number of anilines is 2. The van der Waals surface area contributed by atoms with Gasteiger partial charge in [0.25, 0.3) is 5.91 Å². The first kappa shape index (κ1) is 24.1. The quantitative estimate of drug-likeness (QED) is 0.610. The molecule has 0 saturated carbocycles. The van der Waals surface area contributed by atoms with Gasteiger partial charge < -0.3 is 19.7 Å². The van der Waals surface area contributed by atoms with Gasteiger partial charge in [0, 0.05) is 18.1 Å². The number of nitrogens with zero attached hydrogens (tertiary/aromatic N) is 1. The number of benzene rings is 2. The molecule has 0 radical (unpaired) electrons. The van der Waals surface area contributed by atoms with Crippen molar-refractivity contribution >= 4 is 46.2 Å². The molecule has 2 aromatic rings. The molecule has 172 valence electrons. The van der Waals surface area contributed by atoms with Crippen molar-refractivity contribution in [1.82, 2.24) is 5.32 Å². The lowest BCUT2D eigenvalue weighted by Crippen LogP contribution is -2.39. The van der Waals surface area contributed by atoms with E-state index in [1.54, 1.807) is 25.1 Å². The van der Waals surface area contributed by atoms with Crippen molar-refractivity contribution in [2.75, 3.05) is 43.1 Å². The Bertz CT molecular complexity index is 998. The average Bonchev–Trinajstić information content (AvgIpc) is 2.73. The van der Waals surface area contributed by atoms with Crippen LogP contribution in [-0.4, -0.2) is 43.9 Å². The lowest BCUT2D eigenvalue weighted by Gasteiger charge is -2.31. The van der Waals surface area contributed by atoms with Gasteiger partial charge in [-0.3, -0.25) is 10.1 Å². The fourth-order valence-electron chi connectivity index (χ4n) is 3.13. The van der Waals surface area contributed by atoms with Crippen molar-refractivity contribution in [3.8, 4) is 5.75 Å². The third-order valence-corrected chi connectivity index (χ3v) is 5.11. The first-order valence-corrected chi connectivity index (χ1v) is 10.5. The van der Waals surface area contributed by atoms with Crippen LogP contribution in [0.25, 0.3) is 0 Å². The van der Waals surface area contributed by atoms with Crippen molar-refractivity contribution in [2.24, 2.45) is 0 Å². The van der Waals surface area contributed by atoms with Gasteiger partial charge in [0.2, 0.25) is 0 Å². The first-order valence-electron chi connectivity index (χ1n) is 9.67. The summed E-state index contributed by atoms with van der Waals surface area (Å²) in [7, 11) is 0. The third kappa shape index (κ3) is 6.47. The number of morpholine rings is 1. The maximum atomic E-state index is 13.2. The zero-order valence-corrected chi connectivity index (χ0v) is 18.7. The summed E-state index contributed by atoms with van der Waals surface area (Å²) in [5, 5.41) is 5.54. The summed E-state index contributed by atoms with van der Waals surface area (Å²) in [5.41, 5.74) is 0.602. The van der Waals surface area contributed by atoms with Crippen LogP contribution >= 0.6 is 23.8 Å². The zero-order valence-electron chi connectivity index (χ0n) is 17.1. The van der Waals surface area contributed by atoms with Gasteiger partial charge in [-0.2, -0.15) is 13.2 Å². The number of nitrogens with one attached hydrogen (secondary N) is 2. The van der Waals surface area contributed by atoms with Crippen LogP contribution in [0.15, 0.2) is 36.4 Å². The minimum atomic E-state index is -4.52. The summed E-state index contributed by atoms with van der Waals surface area (Å²) in [6, 6.07) is 8.33. The van der Waals surface area contributed by atoms with E-state index >= 15 is 0 Å². The average molecular weight is 488 g/mol. The van der Waals surface area contributed by atoms with Crippen molar-refractivity contribution in [1.29, 1.82) is 0 Å². The number of carbonyl (C=O) groups excluding carboxylic acids is 1. The summed E-state index contributed by atoms with van der Waals surface area (Å²) in [4.78, 5) is 14.1. The standard InChI is InChI=1S/C21H21ClF3N3O3S/c1-13-10-15(22)3-5-18(13)31-12-19(29)27-20(32)26-16-11-14(21(23,24)25)2-4-17(16)28-6-8-30-9-7-28/h2-5,10-11H,6-9,12H2,1H3,(H2,26,27,29,32). The summed E-state index contributed by atoms with van der Waals surface area (Å²) in [6.07, 6.45) is -4.52. The van der Waals surface area contributed by atoms with Crippen LogP contribution in [0.3, 0.4) is 0 Å². The van der Waals surface area contributed by atoms with Crippen LogP contribution in [0.4, 0.5) is 24.5 Å². The van der Waals surface area contributed by atoms with Gasteiger partial charge in [-0.25, -0.2) is 0 Å². The molecule has 0 bridgehead atoms. The normalized spacial score (nSPS) is 14.1. The molecule has 1 aliphatic rings. The summed E-state index contributed by atoms with van der Waals surface area (Å²) < 4.78 is 50.4. The van der Waals surface area contributed by atoms with E-state index in [0.29, 0.717) is 42.8 Å². The predicted molar refractivity (Wildman–Crippen MR) is 121 cm³/mol. The minimum absolute atomic E-state index is 0.139. The highest BCUT2D eigenvalue weighted by atomic mass is 35.5. The largest absolute Gasteiger partial charge is 0.483 e. The number of thiocarbonyl (C=S) groups is 1. The van der Waals surface area contributed by atoms with E-state index in [4.69, 9.17) is 33.3 Å². The first-order chi connectivity index (χ1) is 15.1. The van der Waals surface area contributed by atoms with Gasteiger partial charge in [-0.05, 0) is 61.1 Å². The molecule has 1 heterocycles. The number of hydrogen-bond acceptors (Lipinski definition) is 5. The van der Waals surface area contributed by atoms with Crippen LogP contribution in [-0.2, 0) is 15.7 Å². The lowest BCUT2D eigenvalue weighted by atomic mass is 10.1. The minimum Gasteiger partial charge on any atom is -0.483 e. The molecule has 6 nitrogen and oxygen atoms in total. The lowest BCUT2D eigenvalue weighted by molar-refractivity contribution is -0.137. The zero-order chi connectivity index (χ0) is 23.3. The van der Waals surface area contributed by atoms with Crippen LogP contribution in [0.1, 0.15) is 11.1 Å². The molecule has 1 amide bonds. The Kier molecular flexibility index (Phi) is 7.81. The maximum absolute atomic E-state index is 13.2. The highest BCUT2D eigenvalue weighted by molar-refractivity contribution is 7.80. The second kappa shape index (κ2) is 10.4. The molecule has 0 spiro atoms. The second-order valence-corrected chi connectivity index (χ2v) is 7.87. The van der Waals surface area contributed by atoms with E-state index in [2.05, 4.69) is 10.6 Å². The van der Waals surface area contributed by atoms with E-state index in [0.717, 1.165) is 17.7 Å². The smallest absolute Gasteiger partial charge is 0.416 e. The van der Waals surface area contributed by atoms with E-state index < -0.39 is 17.6 Å². The van der Waals surface area contributed by atoms with Crippen molar-refractivity contribution in [3.05, 3.63) is 52.5 Å². The Labute approximate surface area is 193 Å². The third-order valence-electron chi connectivity index (χ3n) is 4.67. The molecule has 1 saturated heterocycles. The molecule has 1 aliphatic heterocycles. The Morgan fingerprint density at radius 3 is 2.59 bits per heavy atom. The van der Waals surface area contributed by atoms with Crippen LogP contribution in [0, 0.1) is 6.92 Å². The molecule has 0 aliphatic carbocycles. The number of amides is 1. The molecular formula is C21H21ClF3N3O3S. The van der Waals surface area contributed by atoms with Crippen LogP contribution in [0.5, 0.6) is 5.75 Å². The number of halogens is 4. The fraction of sp³-hybridized carbons (Fsp3) is 0.333. The van der Waals surface area contributed by atoms with Crippen molar-refractivity contribution in [2.45, 2.75) is 13.1 Å². The molecule has 3 rings (SSSR count). The highest BCUT2D eigenvalue weighted by Crippen LogP contribution is 2.35. The number of aryl methyl sites for hydroxylation is 1. The number of rotatable bonds is 5. The predicted octanol–water partition coefficient (Wildman–Crippen LogP) is 4.40. The number of hydrogen-bond donors (Lipinski definition) is 2. The Morgan fingerprint density at radius 1 is 1.22 bits per heavy atom. The highest BCUT2D eigenvalue weighted by Gasteiger charge is 2.31. The maximum Gasteiger partial charge on any atom is 0.416 e. The van der Waals surface area contributed by atoms with Gasteiger partial charge in [-0.15, -0.1) is 0 Å². The molecule has 2 N–H and O–H groups in total. The summed E-state index contributed by atoms with van der Waals surface area (Å²) in [5.74, 6) is -0.0762. The molecule has 32 heavy (non-hydrogen) atoms. The molecule has 0 unspecified atom stereocenters. The molecule has 2 aromatic carbocycles. The summed E-state index contributed by atoms with van der Waals surface area (Å²) >= 11 is 11.0. The monoisotopic (exact) mass is 487 g/mol. The Balaban J connectivity index is 1.67. The van der Waals surface area contributed by atoms with E-state index in [1.165, 1.54) is 6.07 Å². The topological polar surface area (TPSA) is 62.8 Å². The molecular weight excluding hydrogens is 467 g/mol. The molecule has 11 heteroatoms. The van der Waals surface area contributed by atoms with Gasteiger partial charge in [0.1, 0.15) is 5.75 Å². The van der Waals surface area contributed by atoms with Gasteiger partial charge >= 0.3 is 6.18 Å². The Hall–Kier alpha value is -2.56. The van der Waals surface area contributed by atoms with Crippen molar-refractivity contribution in [3.63, 3.8) is 0 Å². The van der Waals surface area contributed by atoms with E-state index in [1.807, 2.05) is 4.90 Å². The number of carbonyl (C=O) groups is 1. The summed E-state index contributed by atoms with van der Waals surface area (Å²) in [6.45, 7) is 3.42. The SMILES string of the molecule is Cc1cc(Cl)ccc1OCC(=O)NC(=S)Nc1cc(C(F)(F)F)ccc1N1CCOCC1. The fourth-order valence-corrected chi connectivity index (χ4v) is 3.58. The number of ether oxygens (including phenoxy) is 2. The van der Waals surface area contributed by atoms with Crippen LogP contribution < -0.4 is 20.3 Å². The number of alkyl halides is 3.